The molecule has 4 heterocycles. The van der Waals surface area contributed by atoms with Crippen molar-refractivity contribution < 1.29 is 35.5 Å². The maximum absolute atomic E-state index is 16.6. The van der Waals surface area contributed by atoms with Gasteiger partial charge < -0.3 is 26.0 Å². The standard InChI is InChI=1S/C29H35F7N8O/c1-14-6-8-38-9-10-39-25-19-24(41-27(42-25)44-12-28(13-44,43(3)4)18(31)5-7-30)22(33)23(40-26(19)45-14)16-11-17(37)21(32)15(2)20(16)29(34,35)36/h11,14,18,38H,5-10,12-13,37H2,1-4H3,(H,39,41,42)/t14-,18?/m0/s1. The summed E-state index contributed by atoms with van der Waals surface area (Å²) in [4.78, 5) is 16.4. The minimum Gasteiger partial charge on any atom is -0.474 e. The Kier molecular flexibility index (Phi) is 8.92. The molecule has 9 nitrogen and oxygen atoms in total. The number of nitrogen functional groups attached to an aromatic ring is 1. The minimum atomic E-state index is -5.09. The monoisotopic (exact) mass is 644 g/mol. The van der Waals surface area contributed by atoms with Gasteiger partial charge in [-0.15, -0.1) is 0 Å². The summed E-state index contributed by atoms with van der Waals surface area (Å²) >= 11 is 0. The molecule has 1 fully saturated rings. The summed E-state index contributed by atoms with van der Waals surface area (Å²) in [6.07, 6.45) is -6.93. The number of likely N-dealkylation sites (N-methyl/N-ethyl adjacent to an activating group) is 1. The maximum atomic E-state index is 16.6. The van der Waals surface area contributed by atoms with Gasteiger partial charge in [0, 0.05) is 38.2 Å². The lowest BCUT2D eigenvalue weighted by Gasteiger charge is -2.55. The number of hydrogen-bond acceptors (Lipinski definition) is 9. The zero-order valence-electron chi connectivity index (χ0n) is 25.3. The quantitative estimate of drug-likeness (QED) is 0.256. The lowest BCUT2D eigenvalue weighted by atomic mass is 9.82. The van der Waals surface area contributed by atoms with Crippen LogP contribution in [-0.4, -0.2) is 91.2 Å². The summed E-state index contributed by atoms with van der Waals surface area (Å²) in [6, 6.07) is 0.697. The van der Waals surface area contributed by atoms with E-state index in [0.29, 0.717) is 32.1 Å². The average Bonchev–Trinajstić information content (AvgIpc) is 2.96. The van der Waals surface area contributed by atoms with Crippen LogP contribution in [0.5, 0.6) is 5.88 Å². The number of pyridine rings is 1. The van der Waals surface area contributed by atoms with Gasteiger partial charge in [-0.25, -0.2) is 23.1 Å². The van der Waals surface area contributed by atoms with E-state index in [1.807, 2.05) is 0 Å². The van der Waals surface area contributed by atoms with Gasteiger partial charge in [-0.3, -0.25) is 9.29 Å². The molecular weight excluding hydrogens is 609 g/mol. The first kappa shape index (κ1) is 32.7. The fraction of sp³-hybridized carbons (Fsp3) is 0.552. The van der Waals surface area contributed by atoms with Gasteiger partial charge >= 0.3 is 6.18 Å². The third kappa shape index (κ3) is 5.89. The van der Waals surface area contributed by atoms with Gasteiger partial charge in [-0.2, -0.15) is 18.2 Å². The van der Waals surface area contributed by atoms with E-state index in [9.17, 15) is 22.0 Å². The fourth-order valence-corrected chi connectivity index (χ4v) is 5.86. The number of halogens is 7. The normalized spacial score (nSPS) is 19.5. The summed E-state index contributed by atoms with van der Waals surface area (Å²) in [5.74, 6) is -2.66. The second-order valence-corrected chi connectivity index (χ2v) is 11.7. The van der Waals surface area contributed by atoms with Crippen LogP contribution in [0.4, 0.5) is 48.2 Å². The highest BCUT2D eigenvalue weighted by Crippen LogP contribution is 2.45. The molecule has 45 heavy (non-hydrogen) atoms. The molecule has 0 bridgehead atoms. The van der Waals surface area contributed by atoms with E-state index in [1.54, 1.807) is 30.8 Å². The largest absolute Gasteiger partial charge is 0.474 e. The van der Waals surface area contributed by atoms with Crippen LogP contribution in [-0.2, 0) is 6.18 Å². The van der Waals surface area contributed by atoms with Crippen molar-refractivity contribution in [2.45, 2.75) is 50.7 Å². The number of anilines is 3. The summed E-state index contributed by atoms with van der Waals surface area (Å²) < 4.78 is 108. The van der Waals surface area contributed by atoms with Gasteiger partial charge in [-0.05, 0) is 52.5 Å². The third-order valence-corrected chi connectivity index (χ3v) is 8.49. The molecule has 2 aromatic heterocycles. The number of alkyl halides is 5. The molecule has 0 radical (unpaired) electrons. The SMILES string of the molecule is Cc1c(F)c(N)cc(-c2nc3c4c(nc(N5CC(C(F)CCF)(N(C)C)C5)nc4c2F)NCCNCC[C@H](C)O3)c1C(F)(F)F. The third-order valence-electron chi connectivity index (χ3n) is 8.49. The van der Waals surface area contributed by atoms with Crippen molar-refractivity contribution in [3.8, 4) is 17.1 Å². The maximum Gasteiger partial charge on any atom is 0.417 e. The first-order chi connectivity index (χ1) is 21.2. The van der Waals surface area contributed by atoms with E-state index in [4.69, 9.17) is 10.5 Å². The number of nitrogens with two attached hydrogens (primary N) is 1. The van der Waals surface area contributed by atoms with E-state index in [1.165, 1.54) is 0 Å². The highest BCUT2D eigenvalue weighted by Gasteiger charge is 2.52. The molecule has 0 amide bonds. The van der Waals surface area contributed by atoms with Crippen LogP contribution < -0.4 is 26.0 Å². The topological polar surface area (TPSA) is 104 Å². The van der Waals surface area contributed by atoms with Crippen LogP contribution in [0.25, 0.3) is 22.2 Å². The molecule has 5 rings (SSSR count). The molecule has 0 saturated carbocycles. The van der Waals surface area contributed by atoms with Crippen LogP contribution in [0.3, 0.4) is 0 Å². The Hall–Kier alpha value is -3.66. The van der Waals surface area contributed by atoms with Gasteiger partial charge in [0.2, 0.25) is 11.8 Å². The summed E-state index contributed by atoms with van der Waals surface area (Å²) in [5.41, 5.74) is -0.178. The van der Waals surface area contributed by atoms with Crippen LogP contribution in [0, 0.1) is 18.6 Å². The second-order valence-electron chi connectivity index (χ2n) is 11.7. The van der Waals surface area contributed by atoms with E-state index < -0.39 is 75.9 Å². The molecule has 4 N–H and O–H groups in total. The number of nitrogens with zero attached hydrogens (tertiary/aromatic N) is 5. The molecule has 3 aromatic rings. The number of nitrogens with one attached hydrogen (secondary N) is 2. The van der Waals surface area contributed by atoms with Crippen molar-refractivity contribution in [2.24, 2.45) is 0 Å². The van der Waals surface area contributed by atoms with Crippen LogP contribution in [0.2, 0.25) is 0 Å². The first-order valence-corrected chi connectivity index (χ1v) is 14.5. The molecule has 1 unspecified atom stereocenters. The molecule has 16 heteroatoms. The van der Waals surface area contributed by atoms with Crippen molar-refractivity contribution in [1.29, 1.82) is 0 Å². The van der Waals surface area contributed by atoms with Gasteiger partial charge in [0.1, 0.15) is 34.4 Å². The van der Waals surface area contributed by atoms with Gasteiger partial charge in [-0.1, -0.05) is 0 Å². The van der Waals surface area contributed by atoms with Crippen LogP contribution in [0.1, 0.15) is 30.9 Å². The second kappa shape index (κ2) is 12.3. The Bertz CT molecular complexity index is 1580. The zero-order valence-corrected chi connectivity index (χ0v) is 25.3. The lowest BCUT2D eigenvalue weighted by Crippen LogP contribution is -2.73. The summed E-state index contributed by atoms with van der Waals surface area (Å²) in [6.45, 7) is 3.25. The van der Waals surface area contributed by atoms with Crippen molar-refractivity contribution in [2.75, 3.05) is 69.4 Å². The molecule has 246 valence electrons. The van der Waals surface area contributed by atoms with Crippen molar-refractivity contribution in [1.82, 2.24) is 25.2 Å². The van der Waals surface area contributed by atoms with Crippen molar-refractivity contribution in [3.05, 3.63) is 28.8 Å². The van der Waals surface area contributed by atoms with Gasteiger partial charge in [0.25, 0.3) is 0 Å². The predicted molar refractivity (Wildman–Crippen MR) is 157 cm³/mol. The molecule has 0 aliphatic carbocycles. The Morgan fingerprint density at radius 3 is 2.49 bits per heavy atom. The van der Waals surface area contributed by atoms with E-state index in [2.05, 4.69) is 25.6 Å². The Labute approximate surface area is 255 Å². The Morgan fingerprint density at radius 2 is 1.84 bits per heavy atom. The molecular formula is C29H35F7N8O. The molecule has 1 aromatic carbocycles. The molecule has 2 atom stereocenters. The number of rotatable bonds is 6. The minimum absolute atomic E-state index is 0.00527. The van der Waals surface area contributed by atoms with Crippen molar-refractivity contribution >= 4 is 28.4 Å². The Morgan fingerprint density at radius 1 is 1.13 bits per heavy atom. The fourth-order valence-electron chi connectivity index (χ4n) is 5.86. The average molecular weight is 645 g/mol. The van der Waals surface area contributed by atoms with E-state index in [-0.39, 0.29) is 42.5 Å². The van der Waals surface area contributed by atoms with Gasteiger partial charge in [0.05, 0.1) is 29.6 Å². The van der Waals surface area contributed by atoms with E-state index in [0.717, 1.165) is 6.92 Å². The molecule has 2 aliphatic rings. The molecule has 1 saturated heterocycles. The highest BCUT2D eigenvalue weighted by molar-refractivity contribution is 5.97. The Balaban J connectivity index is 1.75. The lowest BCUT2D eigenvalue weighted by molar-refractivity contribution is -0.137. The number of benzene rings is 1. The highest BCUT2D eigenvalue weighted by atomic mass is 19.4. The molecule has 0 spiro atoms. The smallest absolute Gasteiger partial charge is 0.417 e. The van der Waals surface area contributed by atoms with E-state index >= 15 is 8.78 Å². The number of hydrogen-bond donors (Lipinski definition) is 3. The zero-order chi connectivity index (χ0) is 32.8. The van der Waals surface area contributed by atoms with Gasteiger partial charge in [0.15, 0.2) is 5.82 Å². The summed E-state index contributed by atoms with van der Waals surface area (Å²) in [5, 5.41) is 6.33. The predicted octanol–water partition coefficient (Wildman–Crippen LogP) is 4.87. The van der Waals surface area contributed by atoms with Crippen molar-refractivity contribution in [3.63, 3.8) is 0 Å². The summed E-state index contributed by atoms with van der Waals surface area (Å²) in [7, 11) is 3.34. The van der Waals surface area contributed by atoms with Crippen LogP contribution >= 0.6 is 0 Å². The first-order valence-electron chi connectivity index (χ1n) is 14.5. The number of ether oxygens (including phenoxy) is 1. The van der Waals surface area contributed by atoms with Crippen LogP contribution in [0.15, 0.2) is 6.07 Å². The number of aromatic nitrogens is 3. The molecule has 2 aliphatic heterocycles.